The minimum Gasteiger partial charge on any atom is -0.480 e. The van der Waals surface area contributed by atoms with Gasteiger partial charge in [-0.2, -0.15) is 0 Å². The molecule has 0 bridgehead atoms. The zero-order chi connectivity index (χ0) is 13.4. The lowest BCUT2D eigenvalue weighted by Gasteiger charge is -2.22. The van der Waals surface area contributed by atoms with Gasteiger partial charge in [-0.1, -0.05) is 0 Å². The van der Waals surface area contributed by atoms with Crippen molar-refractivity contribution in [2.24, 2.45) is 0 Å². The van der Waals surface area contributed by atoms with Crippen molar-refractivity contribution in [3.63, 3.8) is 0 Å². The maximum Gasteiger partial charge on any atom is 0.326 e. The number of amides is 2. The van der Waals surface area contributed by atoms with Crippen molar-refractivity contribution >= 4 is 12.0 Å². The Kier molecular flexibility index (Phi) is 7.24. The number of carboxylic acids is 1. The highest BCUT2D eigenvalue weighted by Gasteiger charge is 2.20. The zero-order valence-electron chi connectivity index (χ0n) is 10.5. The maximum atomic E-state index is 11.6. The molecule has 2 amide bonds. The topological polar surface area (TPSA) is 93.1 Å². The number of aliphatic hydroxyl groups excluding tert-OH is 1. The maximum absolute atomic E-state index is 11.6. The van der Waals surface area contributed by atoms with Crippen molar-refractivity contribution in [2.75, 3.05) is 40.8 Å². The lowest BCUT2D eigenvalue weighted by atomic mass is 10.2. The molecule has 0 radical (unpaired) electrons. The van der Waals surface area contributed by atoms with Crippen LogP contribution in [0, 0.1) is 0 Å². The van der Waals surface area contributed by atoms with E-state index in [-0.39, 0.29) is 13.0 Å². The van der Waals surface area contributed by atoms with Gasteiger partial charge in [-0.05, 0) is 14.1 Å². The van der Waals surface area contributed by atoms with Crippen molar-refractivity contribution in [1.82, 2.24) is 15.1 Å². The quantitative estimate of drug-likeness (QED) is 0.538. The SMILES string of the molecule is CN(C)CCN(C)C(=O)N[C@@H](CCO)C(=O)O. The molecule has 7 nitrogen and oxygen atoms in total. The van der Waals surface area contributed by atoms with Crippen LogP contribution in [0.4, 0.5) is 4.79 Å². The summed E-state index contributed by atoms with van der Waals surface area (Å²) < 4.78 is 0. The summed E-state index contributed by atoms with van der Waals surface area (Å²) >= 11 is 0. The van der Waals surface area contributed by atoms with Crippen molar-refractivity contribution < 1.29 is 19.8 Å². The molecule has 0 aliphatic carbocycles. The van der Waals surface area contributed by atoms with Crippen LogP contribution in [0.25, 0.3) is 0 Å². The summed E-state index contributed by atoms with van der Waals surface area (Å²) in [4.78, 5) is 25.7. The Labute approximate surface area is 101 Å². The lowest BCUT2D eigenvalue weighted by molar-refractivity contribution is -0.139. The average molecular weight is 247 g/mol. The number of hydrogen-bond acceptors (Lipinski definition) is 4. The van der Waals surface area contributed by atoms with E-state index in [0.29, 0.717) is 13.1 Å². The first kappa shape index (κ1) is 15.7. The molecular formula is C10H21N3O4. The van der Waals surface area contributed by atoms with Gasteiger partial charge in [0.05, 0.1) is 0 Å². The number of aliphatic carboxylic acids is 1. The highest BCUT2D eigenvalue weighted by molar-refractivity contribution is 5.82. The summed E-state index contributed by atoms with van der Waals surface area (Å²) in [6, 6.07) is -1.50. The Morgan fingerprint density at radius 2 is 1.82 bits per heavy atom. The summed E-state index contributed by atoms with van der Waals surface area (Å²) in [6.45, 7) is 0.921. The van der Waals surface area contributed by atoms with Crippen LogP contribution in [-0.4, -0.2) is 78.9 Å². The molecule has 100 valence electrons. The summed E-state index contributed by atoms with van der Waals surface area (Å²) in [7, 11) is 5.37. The predicted molar refractivity (Wildman–Crippen MR) is 62.8 cm³/mol. The number of nitrogens with zero attached hydrogens (tertiary/aromatic N) is 2. The summed E-state index contributed by atoms with van der Waals surface area (Å²) in [6.07, 6.45) is 0.00257. The molecule has 0 aromatic rings. The van der Waals surface area contributed by atoms with E-state index in [1.165, 1.54) is 4.90 Å². The van der Waals surface area contributed by atoms with Crippen LogP contribution in [-0.2, 0) is 4.79 Å². The van der Waals surface area contributed by atoms with Gasteiger partial charge in [0.15, 0.2) is 0 Å². The Morgan fingerprint density at radius 1 is 1.24 bits per heavy atom. The predicted octanol–water partition coefficient (Wildman–Crippen LogP) is -0.975. The molecule has 0 aromatic carbocycles. The van der Waals surface area contributed by atoms with Crippen molar-refractivity contribution in [1.29, 1.82) is 0 Å². The summed E-state index contributed by atoms with van der Waals surface area (Å²) in [5, 5.41) is 19.8. The Morgan fingerprint density at radius 3 is 2.24 bits per heavy atom. The van der Waals surface area contributed by atoms with Gasteiger partial charge in [-0.3, -0.25) is 0 Å². The molecular weight excluding hydrogens is 226 g/mol. The lowest BCUT2D eigenvalue weighted by Crippen LogP contribution is -2.48. The van der Waals surface area contributed by atoms with Gasteiger partial charge in [-0.15, -0.1) is 0 Å². The fourth-order valence-electron chi connectivity index (χ4n) is 1.10. The number of nitrogens with one attached hydrogen (secondary N) is 1. The van der Waals surface area contributed by atoms with Crippen LogP contribution in [0.3, 0.4) is 0 Å². The second-order valence-electron chi connectivity index (χ2n) is 4.08. The third-order valence-electron chi connectivity index (χ3n) is 2.24. The number of carbonyl (C=O) groups is 2. The van der Waals surface area contributed by atoms with E-state index < -0.39 is 18.0 Å². The second kappa shape index (κ2) is 7.86. The highest BCUT2D eigenvalue weighted by atomic mass is 16.4. The number of rotatable bonds is 7. The number of likely N-dealkylation sites (N-methyl/N-ethyl adjacent to an activating group) is 2. The molecule has 0 spiro atoms. The molecule has 0 fully saturated rings. The third kappa shape index (κ3) is 6.75. The molecule has 0 aromatic heterocycles. The monoisotopic (exact) mass is 247 g/mol. The van der Waals surface area contributed by atoms with E-state index in [4.69, 9.17) is 10.2 Å². The minimum absolute atomic E-state index is 0.00257. The summed E-state index contributed by atoms with van der Waals surface area (Å²) in [5.41, 5.74) is 0. The molecule has 17 heavy (non-hydrogen) atoms. The van der Waals surface area contributed by atoms with Crippen LogP contribution in [0.2, 0.25) is 0 Å². The molecule has 0 rings (SSSR count). The van der Waals surface area contributed by atoms with Crippen LogP contribution >= 0.6 is 0 Å². The fourth-order valence-corrected chi connectivity index (χ4v) is 1.10. The zero-order valence-corrected chi connectivity index (χ0v) is 10.5. The average Bonchev–Trinajstić information content (AvgIpc) is 2.24. The Balaban J connectivity index is 4.15. The van der Waals surface area contributed by atoms with Gasteiger partial charge in [-0.25, -0.2) is 9.59 Å². The molecule has 0 aliphatic rings. The van der Waals surface area contributed by atoms with Crippen molar-refractivity contribution in [3.05, 3.63) is 0 Å². The van der Waals surface area contributed by atoms with Gasteiger partial charge >= 0.3 is 12.0 Å². The first-order valence-electron chi connectivity index (χ1n) is 5.38. The minimum atomic E-state index is -1.14. The number of carbonyl (C=O) groups excluding carboxylic acids is 1. The molecule has 7 heteroatoms. The highest BCUT2D eigenvalue weighted by Crippen LogP contribution is 1.94. The second-order valence-corrected chi connectivity index (χ2v) is 4.08. The van der Waals surface area contributed by atoms with Gasteiger partial charge in [0.2, 0.25) is 0 Å². The van der Waals surface area contributed by atoms with E-state index in [1.807, 2.05) is 19.0 Å². The third-order valence-corrected chi connectivity index (χ3v) is 2.24. The molecule has 0 heterocycles. The normalized spacial score (nSPS) is 12.3. The molecule has 0 aliphatic heterocycles. The van der Waals surface area contributed by atoms with Crippen LogP contribution in [0.5, 0.6) is 0 Å². The van der Waals surface area contributed by atoms with Gasteiger partial charge in [0.1, 0.15) is 6.04 Å². The Bertz CT molecular complexity index is 258. The van der Waals surface area contributed by atoms with Crippen LogP contribution < -0.4 is 5.32 Å². The smallest absolute Gasteiger partial charge is 0.326 e. The number of carboxylic acid groups (broad SMARTS) is 1. The van der Waals surface area contributed by atoms with Crippen molar-refractivity contribution in [2.45, 2.75) is 12.5 Å². The van der Waals surface area contributed by atoms with E-state index in [2.05, 4.69) is 5.32 Å². The van der Waals surface area contributed by atoms with E-state index >= 15 is 0 Å². The van der Waals surface area contributed by atoms with Gasteiger partial charge in [0.25, 0.3) is 0 Å². The first-order valence-corrected chi connectivity index (χ1v) is 5.38. The number of urea groups is 1. The van der Waals surface area contributed by atoms with E-state index in [9.17, 15) is 9.59 Å². The molecule has 0 unspecified atom stereocenters. The molecule has 0 saturated carbocycles. The number of aliphatic hydroxyl groups is 1. The molecule has 0 saturated heterocycles. The Hall–Kier alpha value is -1.34. The van der Waals surface area contributed by atoms with Gasteiger partial charge in [0, 0.05) is 33.2 Å². The van der Waals surface area contributed by atoms with Crippen LogP contribution in [0.15, 0.2) is 0 Å². The largest absolute Gasteiger partial charge is 0.480 e. The molecule has 3 N–H and O–H groups in total. The summed E-state index contributed by atoms with van der Waals surface area (Å²) in [5.74, 6) is -1.14. The van der Waals surface area contributed by atoms with E-state index in [0.717, 1.165) is 0 Å². The molecule has 1 atom stereocenters. The van der Waals surface area contributed by atoms with Crippen molar-refractivity contribution in [3.8, 4) is 0 Å². The first-order chi connectivity index (χ1) is 7.88. The van der Waals surface area contributed by atoms with Crippen LogP contribution in [0.1, 0.15) is 6.42 Å². The van der Waals surface area contributed by atoms with Gasteiger partial charge < -0.3 is 25.3 Å². The standard InChI is InChI=1S/C10H21N3O4/c1-12(2)5-6-13(3)10(17)11-8(4-7-14)9(15)16/h8,14H,4-7H2,1-3H3,(H,11,17)(H,15,16)/t8-/m0/s1. The van der Waals surface area contributed by atoms with E-state index in [1.54, 1.807) is 7.05 Å². The fraction of sp³-hybridized carbons (Fsp3) is 0.800. The number of hydrogen-bond donors (Lipinski definition) is 3.